The van der Waals surface area contributed by atoms with Crippen molar-refractivity contribution >= 4 is 62.1 Å². The first-order chi connectivity index (χ1) is 21.2. The van der Waals surface area contributed by atoms with Crippen LogP contribution in [0.2, 0.25) is 0 Å². The van der Waals surface area contributed by atoms with E-state index in [0.29, 0.717) is 0 Å². The third-order valence-electron chi connectivity index (χ3n) is 10.5. The van der Waals surface area contributed by atoms with Crippen LogP contribution in [0.25, 0.3) is 21.9 Å². The molecule has 3 heterocycles. The van der Waals surface area contributed by atoms with Crippen molar-refractivity contribution in [1.29, 1.82) is 0 Å². The van der Waals surface area contributed by atoms with E-state index in [1.54, 1.807) is 0 Å². The minimum atomic E-state index is -0.135. The predicted molar refractivity (Wildman–Crippen MR) is 194 cm³/mol. The Hall–Kier alpha value is -4.24. The van der Waals surface area contributed by atoms with Gasteiger partial charge in [-0.05, 0) is 80.8 Å². The minimum absolute atomic E-state index is 0.0542. The number of fused-ring (bicyclic) bond motifs is 7. The Morgan fingerprint density at radius 1 is 0.622 bits per heavy atom. The molecule has 0 aliphatic carbocycles. The van der Waals surface area contributed by atoms with Crippen molar-refractivity contribution in [2.75, 3.05) is 4.90 Å². The molecule has 1 aromatic heterocycles. The lowest BCUT2D eigenvalue weighted by molar-refractivity contribution is 0.588. The second-order valence-electron chi connectivity index (χ2n) is 16.0. The molecule has 0 bridgehead atoms. The summed E-state index contributed by atoms with van der Waals surface area (Å²) in [5.74, 6) is 0. The third-order valence-corrected chi connectivity index (χ3v) is 10.5. The summed E-state index contributed by atoms with van der Waals surface area (Å²) < 4.78 is 6.52. The van der Waals surface area contributed by atoms with E-state index >= 15 is 0 Å². The topological polar surface area (TPSA) is 16.4 Å². The molecular weight excluding hydrogens is 545 g/mol. The van der Waals surface area contributed by atoms with E-state index in [1.165, 1.54) is 72.0 Å². The van der Waals surface area contributed by atoms with Crippen LogP contribution in [0.15, 0.2) is 95.4 Å². The first-order valence-electron chi connectivity index (χ1n) is 16.4. The van der Waals surface area contributed by atoms with Gasteiger partial charge in [-0.15, -0.1) is 0 Å². The molecule has 3 heteroatoms. The first kappa shape index (κ1) is 28.3. The Morgan fingerprint density at radius 3 is 2.02 bits per heavy atom. The number of para-hydroxylation sites is 1. The molecule has 0 fully saturated rings. The highest BCUT2D eigenvalue weighted by Crippen LogP contribution is 2.45. The maximum absolute atomic E-state index is 6.52. The number of aryl methyl sites for hydroxylation is 1. The number of furan rings is 1. The number of rotatable bonds is 1. The molecule has 0 radical (unpaired) electrons. The van der Waals surface area contributed by atoms with Crippen LogP contribution in [-0.4, -0.2) is 6.71 Å². The van der Waals surface area contributed by atoms with Crippen LogP contribution >= 0.6 is 0 Å². The maximum Gasteiger partial charge on any atom is 0.247 e. The van der Waals surface area contributed by atoms with Gasteiger partial charge in [0.1, 0.15) is 11.2 Å². The van der Waals surface area contributed by atoms with Gasteiger partial charge >= 0.3 is 0 Å². The highest BCUT2D eigenvalue weighted by molar-refractivity contribution is 6.99. The van der Waals surface area contributed by atoms with Crippen molar-refractivity contribution in [1.82, 2.24) is 0 Å². The van der Waals surface area contributed by atoms with E-state index in [2.05, 4.69) is 158 Å². The van der Waals surface area contributed by atoms with E-state index in [-0.39, 0.29) is 23.0 Å². The summed E-state index contributed by atoms with van der Waals surface area (Å²) in [5.41, 5.74) is 16.6. The monoisotopic (exact) mass is 587 g/mol. The summed E-state index contributed by atoms with van der Waals surface area (Å²) in [6.45, 7) is 21.0. The van der Waals surface area contributed by atoms with Gasteiger partial charge in [0, 0.05) is 39.3 Å². The van der Waals surface area contributed by atoms with Crippen molar-refractivity contribution in [2.45, 2.75) is 78.6 Å². The van der Waals surface area contributed by atoms with Crippen LogP contribution < -0.4 is 21.3 Å². The predicted octanol–water partition coefficient (Wildman–Crippen LogP) is 9.43. The van der Waals surface area contributed by atoms with Crippen LogP contribution in [0.1, 0.15) is 83.2 Å². The fourth-order valence-corrected chi connectivity index (χ4v) is 7.97. The molecule has 0 saturated carbocycles. The second kappa shape index (κ2) is 9.16. The number of nitrogens with zero attached hydrogens (tertiary/aromatic N) is 1. The Balaban J connectivity index is 1.50. The molecule has 0 atom stereocenters. The molecule has 45 heavy (non-hydrogen) atoms. The van der Waals surface area contributed by atoms with Crippen molar-refractivity contribution in [2.24, 2.45) is 0 Å². The van der Waals surface area contributed by atoms with Crippen LogP contribution in [0.5, 0.6) is 0 Å². The zero-order chi connectivity index (χ0) is 31.6. The summed E-state index contributed by atoms with van der Waals surface area (Å²) in [6, 6.07) is 34.6. The van der Waals surface area contributed by atoms with E-state index < -0.39 is 0 Å². The van der Waals surface area contributed by atoms with Crippen molar-refractivity contribution in [3.8, 4) is 0 Å². The Morgan fingerprint density at radius 2 is 1.31 bits per heavy atom. The van der Waals surface area contributed by atoms with E-state index in [0.717, 1.165) is 11.2 Å². The van der Waals surface area contributed by atoms with Gasteiger partial charge in [-0.1, -0.05) is 122 Å². The zero-order valence-electron chi connectivity index (χ0n) is 28.1. The first-order valence-corrected chi connectivity index (χ1v) is 16.4. The highest BCUT2D eigenvalue weighted by Gasteiger charge is 2.46. The fourth-order valence-electron chi connectivity index (χ4n) is 7.97. The molecule has 2 aliphatic rings. The van der Waals surface area contributed by atoms with Crippen LogP contribution in [0.4, 0.5) is 17.1 Å². The number of hydrogen-bond donors (Lipinski definition) is 0. The summed E-state index contributed by atoms with van der Waals surface area (Å²) >= 11 is 0. The lowest BCUT2D eigenvalue weighted by Gasteiger charge is -2.46. The molecule has 6 aromatic rings. The van der Waals surface area contributed by atoms with E-state index in [4.69, 9.17) is 4.42 Å². The SMILES string of the molecule is Cc1cc2c3c(c1)C(C)(C)c1ccc(C(C)(C)C)cc1B3c1cc3c(cc1N2c1ccc(C(C)(C)C)cc1)oc1ccccc13. The van der Waals surface area contributed by atoms with Gasteiger partial charge in [0.05, 0.1) is 0 Å². The smallest absolute Gasteiger partial charge is 0.247 e. The van der Waals surface area contributed by atoms with Gasteiger partial charge in [-0.2, -0.15) is 0 Å². The molecule has 2 aliphatic heterocycles. The molecule has 0 amide bonds. The van der Waals surface area contributed by atoms with Gasteiger partial charge < -0.3 is 9.32 Å². The molecule has 0 spiro atoms. The summed E-state index contributed by atoms with van der Waals surface area (Å²) in [5, 5.41) is 2.36. The van der Waals surface area contributed by atoms with E-state index in [1.807, 2.05) is 0 Å². The molecular formula is C42H42BNO. The third kappa shape index (κ3) is 4.09. The van der Waals surface area contributed by atoms with Gasteiger partial charge in [0.15, 0.2) is 0 Å². The molecule has 224 valence electrons. The molecule has 8 rings (SSSR count). The summed E-state index contributed by atoms with van der Waals surface area (Å²) in [7, 11) is 0. The largest absolute Gasteiger partial charge is 0.456 e. The molecule has 5 aromatic carbocycles. The van der Waals surface area contributed by atoms with Crippen molar-refractivity contribution < 1.29 is 4.42 Å². The number of benzene rings is 5. The zero-order valence-corrected chi connectivity index (χ0v) is 28.1. The van der Waals surface area contributed by atoms with Crippen molar-refractivity contribution in [3.63, 3.8) is 0 Å². The molecule has 2 nitrogen and oxygen atoms in total. The Kier molecular flexibility index (Phi) is 5.75. The molecule has 0 N–H and O–H groups in total. The van der Waals surface area contributed by atoms with Gasteiger partial charge in [-0.25, -0.2) is 0 Å². The highest BCUT2D eigenvalue weighted by atomic mass is 16.3. The Labute approximate surface area is 268 Å². The summed E-state index contributed by atoms with van der Waals surface area (Å²) in [6.07, 6.45) is 0. The standard InChI is InChI=1S/C42H42BNO/c1-25-20-32-39-36(21-25)44(28-17-14-26(15-18-28)40(2,3)4)35-24-38-30(29-12-10-11-13-37(29)45-38)23-34(35)43(39)33-22-27(41(5,6)7)16-19-31(33)42(32,8)9/h10-24H,1-9H3. The average molecular weight is 588 g/mol. The molecule has 0 saturated heterocycles. The number of anilines is 3. The van der Waals surface area contributed by atoms with Gasteiger partial charge in [-0.3, -0.25) is 0 Å². The Bertz CT molecular complexity index is 2170. The van der Waals surface area contributed by atoms with Crippen LogP contribution in [-0.2, 0) is 16.2 Å². The lowest BCUT2D eigenvalue weighted by Crippen LogP contribution is -2.64. The lowest BCUT2D eigenvalue weighted by atomic mass is 9.30. The van der Waals surface area contributed by atoms with Crippen LogP contribution in [0.3, 0.4) is 0 Å². The normalized spacial score (nSPS) is 15.3. The maximum atomic E-state index is 6.52. The van der Waals surface area contributed by atoms with Gasteiger partial charge in [0.25, 0.3) is 0 Å². The number of hydrogen-bond acceptors (Lipinski definition) is 2. The van der Waals surface area contributed by atoms with Crippen LogP contribution in [0, 0.1) is 6.92 Å². The second-order valence-corrected chi connectivity index (χ2v) is 16.0. The fraction of sp³-hybridized carbons (Fsp3) is 0.286. The average Bonchev–Trinajstić information content (AvgIpc) is 3.34. The minimum Gasteiger partial charge on any atom is -0.456 e. The summed E-state index contributed by atoms with van der Waals surface area (Å²) in [4.78, 5) is 2.51. The van der Waals surface area contributed by atoms with Crippen molar-refractivity contribution in [3.05, 3.63) is 119 Å². The van der Waals surface area contributed by atoms with E-state index in [9.17, 15) is 0 Å². The van der Waals surface area contributed by atoms with Gasteiger partial charge in [0.2, 0.25) is 6.71 Å². The quantitative estimate of drug-likeness (QED) is 0.178. The molecule has 0 unspecified atom stereocenters.